The van der Waals surface area contributed by atoms with E-state index in [4.69, 9.17) is 0 Å². The zero-order chi connectivity index (χ0) is 20.4. The molecule has 29 heavy (non-hydrogen) atoms. The number of H-pyrrole nitrogens is 2. The lowest BCUT2D eigenvalue weighted by Gasteiger charge is -2.16. The number of aromatic amines is 2. The Morgan fingerprint density at radius 3 is 2.83 bits per heavy atom. The molecule has 1 atom stereocenters. The van der Waals surface area contributed by atoms with E-state index >= 15 is 0 Å². The fourth-order valence-electron chi connectivity index (χ4n) is 4.03. The third-order valence-electron chi connectivity index (χ3n) is 5.62. The number of nitrogens with one attached hydrogen (secondary N) is 3. The summed E-state index contributed by atoms with van der Waals surface area (Å²) in [5.41, 5.74) is 2.31. The molecule has 3 aromatic rings. The third kappa shape index (κ3) is 4.11. The Morgan fingerprint density at radius 1 is 1.21 bits per heavy atom. The lowest BCUT2D eigenvalue weighted by Crippen LogP contribution is -2.34. The minimum absolute atomic E-state index is 0.0509. The first-order valence-electron chi connectivity index (χ1n) is 9.83. The number of para-hydroxylation sites is 1. The highest BCUT2D eigenvalue weighted by molar-refractivity contribution is 5.89. The maximum atomic E-state index is 12.8. The largest absolute Gasteiger partial charge is 0.355 e. The van der Waals surface area contributed by atoms with E-state index in [2.05, 4.69) is 32.2 Å². The van der Waals surface area contributed by atoms with Gasteiger partial charge in [-0.15, -0.1) is 0 Å². The first kappa shape index (κ1) is 19.0. The fraction of sp³-hybridized carbons (Fsp3) is 0.381. The van der Waals surface area contributed by atoms with Crippen LogP contribution in [0.4, 0.5) is 0 Å². The van der Waals surface area contributed by atoms with E-state index in [-0.39, 0.29) is 29.7 Å². The summed E-state index contributed by atoms with van der Waals surface area (Å²) in [5.74, 6) is 0.171. The maximum Gasteiger partial charge on any atom is 0.267 e. The minimum Gasteiger partial charge on any atom is -0.355 e. The lowest BCUT2D eigenvalue weighted by molar-refractivity contribution is -0.129. The van der Waals surface area contributed by atoms with Crippen LogP contribution in [0, 0.1) is 5.92 Å². The van der Waals surface area contributed by atoms with Crippen molar-refractivity contribution in [2.24, 2.45) is 13.0 Å². The van der Waals surface area contributed by atoms with Gasteiger partial charge in [-0.25, -0.2) is 0 Å². The Bertz CT molecular complexity index is 1090. The van der Waals surface area contributed by atoms with Crippen molar-refractivity contribution in [1.29, 1.82) is 0 Å². The average Bonchev–Trinajstić information content (AvgIpc) is 3.42. The van der Waals surface area contributed by atoms with Crippen molar-refractivity contribution in [1.82, 2.24) is 25.0 Å². The standard InChI is InChI=1S/C21H25N5O3/c1-25-13-16(17-4-2-3-5-18(17)25)9-20(28)26-7-6-14(12-26)10-22-19(27)8-15-11-23-24-21(15)29/h2-5,11,13-14H,6-10,12H2,1H3,(H,22,27)(H2,23,24,29). The van der Waals surface area contributed by atoms with Crippen LogP contribution in [-0.4, -0.2) is 51.1 Å². The molecule has 0 radical (unpaired) electrons. The van der Waals surface area contributed by atoms with Crippen molar-refractivity contribution in [2.75, 3.05) is 19.6 Å². The molecule has 0 aliphatic carbocycles. The summed E-state index contributed by atoms with van der Waals surface area (Å²) in [6.45, 7) is 1.87. The second kappa shape index (κ2) is 7.98. The van der Waals surface area contributed by atoms with E-state index < -0.39 is 0 Å². The van der Waals surface area contributed by atoms with Gasteiger partial charge in [-0.05, 0) is 24.0 Å². The van der Waals surface area contributed by atoms with Crippen molar-refractivity contribution in [2.45, 2.75) is 19.3 Å². The Labute approximate surface area is 167 Å². The number of likely N-dealkylation sites (tertiary alicyclic amines) is 1. The van der Waals surface area contributed by atoms with Crippen LogP contribution in [-0.2, 0) is 29.5 Å². The second-order valence-electron chi connectivity index (χ2n) is 7.70. The molecule has 4 rings (SSSR count). The van der Waals surface area contributed by atoms with Gasteiger partial charge in [0.05, 0.1) is 12.8 Å². The van der Waals surface area contributed by atoms with E-state index in [0.717, 1.165) is 22.9 Å². The number of hydrogen-bond acceptors (Lipinski definition) is 3. The Kier molecular flexibility index (Phi) is 5.24. The Morgan fingerprint density at radius 2 is 2.03 bits per heavy atom. The van der Waals surface area contributed by atoms with E-state index in [1.54, 1.807) is 0 Å². The Hall–Kier alpha value is -3.29. The van der Waals surface area contributed by atoms with E-state index in [0.29, 0.717) is 31.6 Å². The number of aryl methyl sites for hydroxylation is 1. The quantitative estimate of drug-likeness (QED) is 0.579. The summed E-state index contributed by atoms with van der Waals surface area (Å²) in [7, 11) is 1.99. The third-order valence-corrected chi connectivity index (χ3v) is 5.62. The second-order valence-corrected chi connectivity index (χ2v) is 7.70. The van der Waals surface area contributed by atoms with Crippen molar-refractivity contribution >= 4 is 22.7 Å². The molecule has 1 unspecified atom stereocenters. The van der Waals surface area contributed by atoms with Crippen molar-refractivity contribution in [3.8, 4) is 0 Å². The normalized spacial score (nSPS) is 16.4. The summed E-state index contributed by atoms with van der Waals surface area (Å²) in [4.78, 5) is 38.2. The zero-order valence-corrected chi connectivity index (χ0v) is 16.4. The van der Waals surface area contributed by atoms with Gasteiger partial charge in [-0.1, -0.05) is 18.2 Å². The molecule has 1 aromatic carbocycles. The van der Waals surface area contributed by atoms with Crippen LogP contribution in [0.1, 0.15) is 17.5 Å². The van der Waals surface area contributed by atoms with Crippen LogP contribution in [0.25, 0.3) is 10.9 Å². The number of aromatic nitrogens is 3. The number of amides is 2. The number of carbonyl (C=O) groups excluding carboxylic acids is 2. The molecular formula is C21H25N5O3. The van der Waals surface area contributed by atoms with E-state index in [1.165, 1.54) is 6.20 Å². The Balaban J connectivity index is 1.29. The van der Waals surface area contributed by atoms with Crippen molar-refractivity contribution in [3.63, 3.8) is 0 Å². The fourth-order valence-corrected chi connectivity index (χ4v) is 4.03. The molecular weight excluding hydrogens is 370 g/mol. The summed E-state index contributed by atoms with van der Waals surface area (Å²) >= 11 is 0. The van der Waals surface area contributed by atoms with Gasteiger partial charge in [-0.3, -0.25) is 19.5 Å². The summed E-state index contributed by atoms with van der Waals surface area (Å²) in [6, 6.07) is 8.10. The number of hydrogen-bond donors (Lipinski definition) is 3. The number of carbonyl (C=O) groups is 2. The number of nitrogens with zero attached hydrogens (tertiary/aromatic N) is 2. The van der Waals surface area contributed by atoms with Crippen LogP contribution in [0.15, 0.2) is 41.5 Å². The molecule has 1 saturated heterocycles. The highest BCUT2D eigenvalue weighted by Gasteiger charge is 2.27. The molecule has 3 N–H and O–H groups in total. The molecule has 0 spiro atoms. The van der Waals surface area contributed by atoms with E-state index in [1.807, 2.05) is 30.3 Å². The average molecular weight is 395 g/mol. The molecule has 2 amide bonds. The first-order valence-corrected chi connectivity index (χ1v) is 9.83. The molecule has 1 aliphatic heterocycles. The highest BCUT2D eigenvalue weighted by Crippen LogP contribution is 2.23. The number of rotatable bonds is 6. The van der Waals surface area contributed by atoms with Crippen molar-refractivity contribution in [3.05, 3.63) is 58.1 Å². The van der Waals surface area contributed by atoms with Gasteiger partial charge in [0.1, 0.15) is 0 Å². The molecule has 1 aliphatic rings. The van der Waals surface area contributed by atoms with E-state index in [9.17, 15) is 14.4 Å². The predicted octanol–water partition coefficient (Wildman–Crippen LogP) is 0.945. The monoisotopic (exact) mass is 395 g/mol. The van der Waals surface area contributed by atoms with Gasteiger partial charge in [0.15, 0.2) is 0 Å². The summed E-state index contributed by atoms with van der Waals surface area (Å²) in [5, 5.41) is 9.00. The van der Waals surface area contributed by atoms with Gasteiger partial charge >= 0.3 is 0 Å². The minimum atomic E-state index is -0.272. The summed E-state index contributed by atoms with van der Waals surface area (Å²) < 4.78 is 2.05. The molecule has 0 saturated carbocycles. The molecule has 0 bridgehead atoms. The first-order chi connectivity index (χ1) is 14.0. The zero-order valence-electron chi connectivity index (χ0n) is 16.4. The van der Waals surface area contributed by atoms with Gasteiger partial charge in [0.25, 0.3) is 5.56 Å². The lowest BCUT2D eigenvalue weighted by atomic mass is 10.1. The van der Waals surface area contributed by atoms with Gasteiger partial charge < -0.3 is 19.9 Å². The number of fused-ring (bicyclic) bond motifs is 1. The van der Waals surface area contributed by atoms with Crippen LogP contribution >= 0.6 is 0 Å². The van der Waals surface area contributed by atoms with Gasteiger partial charge in [0, 0.05) is 55.5 Å². The van der Waals surface area contributed by atoms with Crippen LogP contribution in [0.5, 0.6) is 0 Å². The molecule has 2 aromatic heterocycles. The number of benzene rings is 1. The molecule has 152 valence electrons. The topological polar surface area (TPSA) is 103 Å². The van der Waals surface area contributed by atoms with Crippen LogP contribution in [0.2, 0.25) is 0 Å². The van der Waals surface area contributed by atoms with Gasteiger partial charge in [0.2, 0.25) is 11.8 Å². The maximum absolute atomic E-state index is 12.8. The summed E-state index contributed by atoms with van der Waals surface area (Å²) in [6.07, 6.45) is 4.84. The molecule has 8 nitrogen and oxygen atoms in total. The predicted molar refractivity (Wildman–Crippen MR) is 109 cm³/mol. The molecule has 8 heteroatoms. The molecule has 1 fully saturated rings. The van der Waals surface area contributed by atoms with Crippen molar-refractivity contribution < 1.29 is 9.59 Å². The van der Waals surface area contributed by atoms with Crippen LogP contribution < -0.4 is 10.9 Å². The molecule has 3 heterocycles. The van der Waals surface area contributed by atoms with Gasteiger partial charge in [-0.2, -0.15) is 0 Å². The van der Waals surface area contributed by atoms with Crippen LogP contribution in [0.3, 0.4) is 0 Å². The SMILES string of the molecule is Cn1cc(CC(=O)N2CCC(CNC(=O)Cc3c[nH][nH]c3=O)C2)c2ccccc21. The highest BCUT2D eigenvalue weighted by atomic mass is 16.2. The smallest absolute Gasteiger partial charge is 0.267 e.